The molecule has 1 aromatic carbocycles. The van der Waals surface area contributed by atoms with Crippen molar-refractivity contribution in [1.82, 2.24) is 0 Å². The van der Waals surface area contributed by atoms with Crippen molar-refractivity contribution in [3.63, 3.8) is 0 Å². The van der Waals surface area contributed by atoms with Crippen LogP contribution < -0.4 is 5.73 Å². The van der Waals surface area contributed by atoms with Crippen LogP contribution in [0.4, 0.5) is 0 Å². The predicted octanol–water partition coefficient (Wildman–Crippen LogP) is 6.37. The normalized spacial score (nSPS) is 12.6. The van der Waals surface area contributed by atoms with Gasteiger partial charge in [0, 0.05) is 10.5 Å². The van der Waals surface area contributed by atoms with Crippen LogP contribution in [-0.4, -0.2) is 0 Å². The minimum atomic E-state index is 0.202. The van der Waals surface area contributed by atoms with Crippen molar-refractivity contribution in [2.24, 2.45) is 5.73 Å². The van der Waals surface area contributed by atoms with Gasteiger partial charge in [-0.05, 0) is 24.1 Å². The predicted molar refractivity (Wildman–Crippen MR) is 92.9 cm³/mol. The Morgan fingerprint density at radius 1 is 0.850 bits per heavy atom. The van der Waals surface area contributed by atoms with Crippen LogP contribution in [0.15, 0.2) is 28.7 Å². The van der Waals surface area contributed by atoms with Crippen molar-refractivity contribution >= 4 is 15.9 Å². The number of rotatable bonds is 11. The van der Waals surface area contributed by atoms with Crippen LogP contribution >= 0.6 is 15.9 Å². The molecule has 20 heavy (non-hydrogen) atoms. The molecule has 1 atom stereocenters. The average Bonchev–Trinajstić information content (AvgIpc) is 2.46. The molecule has 0 spiro atoms. The third-order valence-corrected chi connectivity index (χ3v) is 4.45. The van der Waals surface area contributed by atoms with Gasteiger partial charge in [0.25, 0.3) is 0 Å². The number of unbranched alkanes of at least 4 members (excludes halogenated alkanes) is 8. The van der Waals surface area contributed by atoms with Gasteiger partial charge in [-0.15, -0.1) is 0 Å². The Kier molecular flexibility index (Phi) is 10.0. The van der Waals surface area contributed by atoms with Crippen LogP contribution in [0.2, 0.25) is 0 Å². The largest absolute Gasteiger partial charge is 0.324 e. The zero-order valence-corrected chi connectivity index (χ0v) is 14.5. The van der Waals surface area contributed by atoms with Gasteiger partial charge >= 0.3 is 0 Å². The molecule has 0 heterocycles. The van der Waals surface area contributed by atoms with E-state index in [9.17, 15) is 0 Å². The van der Waals surface area contributed by atoms with Gasteiger partial charge in [-0.3, -0.25) is 0 Å². The fraction of sp³-hybridized carbons (Fsp3) is 0.667. The van der Waals surface area contributed by atoms with Crippen molar-refractivity contribution < 1.29 is 0 Å². The van der Waals surface area contributed by atoms with Crippen LogP contribution in [0.3, 0.4) is 0 Å². The standard InChI is InChI=1S/C18H30BrN/c1-2-3-4-5-6-7-8-9-10-11-18(20)16-12-14-17(19)15-13-16/h12-15,18H,2-11,20H2,1H3. The molecule has 1 rings (SSSR count). The molecule has 0 radical (unpaired) electrons. The summed E-state index contributed by atoms with van der Waals surface area (Å²) >= 11 is 3.46. The molecule has 0 aliphatic heterocycles. The maximum absolute atomic E-state index is 6.23. The van der Waals surface area contributed by atoms with E-state index >= 15 is 0 Å². The van der Waals surface area contributed by atoms with Crippen LogP contribution in [0.1, 0.15) is 82.7 Å². The van der Waals surface area contributed by atoms with E-state index in [2.05, 4.69) is 47.1 Å². The summed E-state index contributed by atoms with van der Waals surface area (Å²) < 4.78 is 1.12. The van der Waals surface area contributed by atoms with E-state index in [0.29, 0.717) is 0 Å². The third kappa shape index (κ3) is 8.06. The lowest BCUT2D eigenvalue weighted by Gasteiger charge is -2.12. The van der Waals surface area contributed by atoms with E-state index in [-0.39, 0.29) is 6.04 Å². The zero-order chi connectivity index (χ0) is 14.6. The summed E-state index contributed by atoms with van der Waals surface area (Å²) in [4.78, 5) is 0. The molecule has 0 aromatic heterocycles. The fourth-order valence-electron chi connectivity index (χ4n) is 2.55. The molecular formula is C18H30BrN. The summed E-state index contributed by atoms with van der Waals surface area (Å²) in [5.74, 6) is 0. The Hall–Kier alpha value is -0.340. The molecular weight excluding hydrogens is 310 g/mol. The summed E-state index contributed by atoms with van der Waals surface area (Å²) in [7, 11) is 0. The number of benzene rings is 1. The first-order valence-electron chi connectivity index (χ1n) is 8.25. The number of nitrogens with two attached hydrogens (primary N) is 1. The Morgan fingerprint density at radius 2 is 1.35 bits per heavy atom. The van der Waals surface area contributed by atoms with Crippen molar-refractivity contribution in [2.45, 2.75) is 77.2 Å². The van der Waals surface area contributed by atoms with Crippen LogP contribution in [0.25, 0.3) is 0 Å². The first kappa shape index (κ1) is 17.7. The Labute approximate surface area is 133 Å². The van der Waals surface area contributed by atoms with Gasteiger partial charge in [-0.25, -0.2) is 0 Å². The summed E-state index contributed by atoms with van der Waals surface area (Å²) in [6, 6.07) is 8.61. The molecule has 0 bridgehead atoms. The summed E-state index contributed by atoms with van der Waals surface area (Å²) in [6.07, 6.45) is 13.5. The van der Waals surface area contributed by atoms with Crippen molar-refractivity contribution in [3.8, 4) is 0 Å². The fourth-order valence-corrected chi connectivity index (χ4v) is 2.82. The number of hydrogen-bond acceptors (Lipinski definition) is 1. The molecule has 114 valence electrons. The van der Waals surface area contributed by atoms with Crippen LogP contribution in [-0.2, 0) is 0 Å². The lowest BCUT2D eigenvalue weighted by atomic mass is 10.0. The van der Waals surface area contributed by atoms with E-state index in [1.54, 1.807) is 0 Å². The smallest absolute Gasteiger partial charge is 0.0294 e. The van der Waals surface area contributed by atoms with Crippen LogP contribution in [0.5, 0.6) is 0 Å². The topological polar surface area (TPSA) is 26.0 Å². The van der Waals surface area contributed by atoms with E-state index in [1.165, 1.54) is 63.4 Å². The molecule has 0 aliphatic carbocycles. The van der Waals surface area contributed by atoms with Gasteiger partial charge < -0.3 is 5.73 Å². The highest BCUT2D eigenvalue weighted by Gasteiger charge is 2.05. The Morgan fingerprint density at radius 3 is 1.90 bits per heavy atom. The van der Waals surface area contributed by atoms with Gasteiger partial charge in [-0.1, -0.05) is 92.8 Å². The lowest BCUT2D eigenvalue weighted by molar-refractivity contribution is 0.532. The van der Waals surface area contributed by atoms with Crippen molar-refractivity contribution in [3.05, 3.63) is 34.3 Å². The lowest BCUT2D eigenvalue weighted by Crippen LogP contribution is -2.09. The molecule has 0 saturated carbocycles. The Balaban J connectivity index is 1.99. The summed E-state index contributed by atoms with van der Waals surface area (Å²) in [5.41, 5.74) is 7.48. The second kappa shape index (κ2) is 11.3. The quantitative estimate of drug-likeness (QED) is 0.465. The van der Waals surface area contributed by atoms with Gasteiger partial charge in [0.2, 0.25) is 0 Å². The molecule has 1 aromatic rings. The van der Waals surface area contributed by atoms with E-state index in [1.807, 2.05) is 0 Å². The van der Waals surface area contributed by atoms with Crippen molar-refractivity contribution in [2.75, 3.05) is 0 Å². The molecule has 0 aliphatic rings. The number of hydrogen-bond donors (Lipinski definition) is 1. The zero-order valence-electron chi connectivity index (χ0n) is 12.9. The van der Waals surface area contributed by atoms with E-state index < -0.39 is 0 Å². The van der Waals surface area contributed by atoms with Gasteiger partial charge in [0.15, 0.2) is 0 Å². The first-order valence-corrected chi connectivity index (χ1v) is 9.04. The number of halogens is 1. The molecule has 0 saturated heterocycles. The van der Waals surface area contributed by atoms with Gasteiger partial charge in [-0.2, -0.15) is 0 Å². The molecule has 0 amide bonds. The maximum Gasteiger partial charge on any atom is 0.0294 e. The van der Waals surface area contributed by atoms with E-state index in [4.69, 9.17) is 5.73 Å². The van der Waals surface area contributed by atoms with Gasteiger partial charge in [0.1, 0.15) is 0 Å². The van der Waals surface area contributed by atoms with Crippen molar-refractivity contribution in [1.29, 1.82) is 0 Å². The summed E-state index contributed by atoms with van der Waals surface area (Å²) in [5, 5.41) is 0. The summed E-state index contributed by atoms with van der Waals surface area (Å²) in [6.45, 7) is 2.27. The third-order valence-electron chi connectivity index (χ3n) is 3.92. The SMILES string of the molecule is CCCCCCCCCCCC(N)c1ccc(Br)cc1. The second-order valence-electron chi connectivity index (χ2n) is 5.78. The highest BCUT2D eigenvalue weighted by atomic mass is 79.9. The highest BCUT2D eigenvalue weighted by Crippen LogP contribution is 2.20. The van der Waals surface area contributed by atoms with E-state index in [0.717, 1.165) is 10.9 Å². The molecule has 1 unspecified atom stereocenters. The van der Waals surface area contributed by atoms with Gasteiger partial charge in [0.05, 0.1) is 0 Å². The molecule has 1 nitrogen and oxygen atoms in total. The minimum absolute atomic E-state index is 0.202. The van der Waals surface area contributed by atoms with Crippen LogP contribution in [0, 0.1) is 0 Å². The second-order valence-corrected chi connectivity index (χ2v) is 6.69. The molecule has 2 N–H and O–H groups in total. The minimum Gasteiger partial charge on any atom is -0.324 e. The molecule has 0 fully saturated rings. The first-order chi connectivity index (χ1) is 9.74. The maximum atomic E-state index is 6.23. The Bertz CT molecular complexity index is 334. The molecule has 2 heteroatoms. The monoisotopic (exact) mass is 339 g/mol. The average molecular weight is 340 g/mol. The highest BCUT2D eigenvalue weighted by molar-refractivity contribution is 9.10.